The Morgan fingerprint density at radius 2 is 1.68 bits per heavy atom. The van der Waals surface area contributed by atoms with Gasteiger partial charge in [0, 0.05) is 5.69 Å². The summed E-state index contributed by atoms with van der Waals surface area (Å²) in [5.41, 5.74) is 1.63. The molecule has 2 aromatic rings. The third kappa shape index (κ3) is 4.00. The molecule has 0 heterocycles. The average Bonchev–Trinajstić information content (AvgIpc) is 2.47. The van der Waals surface area contributed by atoms with Gasteiger partial charge in [-0.05, 0) is 30.7 Å². The van der Waals surface area contributed by atoms with Gasteiger partial charge in [-0.25, -0.2) is 4.79 Å². The molecule has 114 valence electrons. The van der Waals surface area contributed by atoms with Crippen LogP contribution in [0, 0.1) is 6.92 Å². The molecule has 0 unspecified atom stereocenters. The van der Waals surface area contributed by atoms with Crippen LogP contribution in [-0.2, 0) is 9.53 Å². The minimum Gasteiger partial charge on any atom is -0.452 e. The number of carbonyl (C=O) groups excluding carboxylic acids is 2. The number of esters is 1. The van der Waals surface area contributed by atoms with Crippen molar-refractivity contribution >= 4 is 40.8 Å². The maximum absolute atomic E-state index is 11.9. The molecule has 0 saturated carbocycles. The number of hydrogen-bond acceptors (Lipinski definition) is 3. The van der Waals surface area contributed by atoms with Gasteiger partial charge in [0.25, 0.3) is 5.91 Å². The number of nitrogens with one attached hydrogen (secondary N) is 1. The molecule has 1 N–H and O–H groups in total. The van der Waals surface area contributed by atoms with Crippen molar-refractivity contribution in [2.75, 3.05) is 11.9 Å². The molecule has 0 spiro atoms. The van der Waals surface area contributed by atoms with Crippen molar-refractivity contribution in [3.63, 3.8) is 0 Å². The summed E-state index contributed by atoms with van der Waals surface area (Å²) in [5, 5.41) is 3.02. The number of carbonyl (C=O) groups is 2. The third-order valence-corrected chi connectivity index (χ3v) is 3.55. The van der Waals surface area contributed by atoms with Gasteiger partial charge in [-0.2, -0.15) is 0 Å². The molecule has 1 amide bonds. The second-order valence-corrected chi connectivity index (χ2v) is 5.35. The lowest BCUT2D eigenvalue weighted by atomic mass is 10.2. The number of aryl methyl sites for hydroxylation is 1. The topological polar surface area (TPSA) is 55.4 Å². The standard InChI is InChI=1S/C16H13Cl2NO3/c1-10-5-2-3-8-13(10)19-14(20)9-22-16(21)15-11(17)6-4-7-12(15)18/h2-8H,9H2,1H3,(H,19,20). The fourth-order valence-electron chi connectivity index (χ4n) is 1.80. The van der Waals surface area contributed by atoms with Crippen molar-refractivity contribution < 1.29 is 14.3 Å². The number of anilines is 1. The fourth-order valence-corrected chi connectivity index (χ4v) is 2.35. The SMILES string of the molecule is Cc1ccccc1NC(=O)COC(=O)c1c(Cl)cccc1Cl. The molecule has 2 aromatic carbocycles. The van der Waals surface area contributed by atoms with E-state index >= 15 is 0 Å². The fraction of sp³-hybridized carbons (Fsp3) is 0.125. The van der Waals surface area contributed by atoms with Crippen LogP contribution in [0.1, 0.15) is 15.9 Å². The Labute approximate surface area is 138 Å². The van der Waals surface area contributed by atoms with Crippen LogP contribution in [0.25, 0.3) is 0 Å². The van der Waals surface area contributed by atoms with Gasteiger partial charge in [0.2, 0.25) is 0 Å². The number of rotatable bonds is 4. The number of hydrogen-bond donors (Lipinski definition) is 1. The smallest absolute Gasteiger partial charge is 0.341 e. The second kappa shape index (κ2) is 7.29. The zero-order valence-electron chi connectivity index (χ0n) is 11.7. The van der Waals surface area contributed by atoms with Crippen LogP contribution in [0.4, 0.5) is 5.69 Å². The first-order valence-corrected chi connectivity index (χ1v) is 7.21. The molecular weight excluding hydrogens is 325 g/mol. The highest BCUT2D eigenvalue weighted by Gasteiger charge is 2.17. The summed E-state index contributed by atoms with van der Waals surface area (Å²) in [6.07, 6.45) is 0. The molecule has 22 heavy (non-hydrogen) atoms. The molecule has 0 saturated heterocycles. The first-order valence-electron chi connectivity index (χ1n) is 6.45. The maximum atomic E-state index is 11.9. The van der Waals surface area contributed by atoms with Crippen LogP contribution < -0.4 is 5.32 Å². The zero-order chi connectivity index (χ0) is 16.1. The molecule has 2 rings (SSSR count). The summed E-state index contributed by atoms with van der Waals surface area (Å²) in [5.74, 6) is -1.18. The average molecular weight is 338 g/mol. The highest BCUT2D eigenvalue weighted by molar-refractivity contribution is 6.39. The Bertz CT molecular complexity index is 696. The van der Waals surface area contributed by atoms with Gasteiger partial charge < -0.3 is 10.1 Å². The summed E-state index contributed by atoms with van der Waals surface area (Å²) in [4.78, 5) is 23.8. The van der Waals surface area contributed by atoms with Crippen molar-refractivity contribution in [3.05, 3.63) is 63.6 Å². The summed E-state index contributed by atoms with van der Waals surface area (Å²) in [6, 6.07) is 12.0. The molecule has 0 aliphatic rings. The quantitative estimate of drug-likeness (QED) is 0.854. The van der Waals surface area contributed by atoms with E-state index in [0.717, 1.165) is 5.56 Å². The van der Waals surface area contributed by atoms with Crippen LogP contribution in [0.3, 0.4) is 0 Å². The molecule has 6 heteroatoms. The van der Waals surface area contributed by atoms with Crippen LogP contribution >= 0.6 is 23.2 Å². The van der Waals surface area contributed by atoms with E-state index in [9.17, 15) is 9.59 Å². The van der Waals surface area contributed by atoms with Gasteiger partial charge >= 0.3 is 5.97 Å². The summed E-state index contributed by atoms with van der Waals surface area (Å²) >= 11 is 11.8. The highest BCUT2D eigenvalue weighted by Crippen LogP contribution is 2.24. The number of halogens is 2. The predicted octanol–water partition coefficient (Wildman–Crippen LogP) is 4.10. The van der Waals surface area contributed by atoms with Gasteiger partial charge in [0.15, 0.2) is 6.61 Å². The molecule has 0 aliphatic heterocycles. The Hall–Kier alpha value is -2.04. The van der Waals surface area contributed by atoms with Crippen molar-refractivity contribution in [3.8, 4) is 0 Å². The van der Waals surface area contributed by atoms with E-state index in [4.69, 9.17) is 27.9 Å². The van der Waals surface area contributed by atoms with E-state index in [1.807, 2.05) is 19.1 Å². The van der Waals surface area contributed by atoms with Crippen LogP contribution in [-0.4, -0.2) is 18.5 Å². The van der Waals surface area contributed by atoms with E-state index < -0.39 is 18.5 Å². The summed E-state index contributed by atoms with van der Waals surface area (Å²) < 4.78 is 4.94. The number of para-hydroxylation sites is 1. The van der Waals surface area contributed by atoms with E-state index in [1.54, 1.807) is 18.2 Å². The Balaban J connectivity index is 1.97. The molecular formula is C16H13Cl2NO3. The van der Waals surface area contributed by atoms with E-state index in [0.29, 0.717) is 5.69 Å². The van der Waals surface area contributed by atoms with Crippen molar-refractivity contribution in [1.82, 2.24) is 0 Å². The van der Waals surface area contributed by atoms with Gasteiger partial charge in [-0.1, -0.05) is 47.5 Å². The molecule has 0 aromatic heterocycles. The van der Waals surface area contributed by atoms with E-state index in [1.165, 1.54) is 12.1 Å². The van der Waals surface area contributed by atoms with E-state index in [2.05, 4.69) is 5.32 Å². The van der Waals surface area contributed by atoms with Gasteiger partial charge in [-0.15, -0.1) is 0 Å². The lowest BCUT2D eigenvalue weighted by Crippen LogP contribution is -2.21. The monoisotopic (exact) mass is 337 g/mol. The zero-order valence-corrected chi connectivity index (χ0v) is 13.2. The first-order chi connectivity index (χ1) is 10.5. The maximum Gasteiger partial charge on any atom is 0.341 e. The van der Waals surface area contributed by atoms with Gasteiger partial charge in [0.05, 0.1) is 15.6 Å². The largest absolute Gasteiger partial charge is 0.452 e. The highest BCUT2D eigenvalue weighted by atomic mass is 35.5. The van der Waals surface area contributed by atoms with Crippen LogP contribution in [0.15, 0.2) is 42.5 Å². The van der Waals surface area contributed by atoms with Crippen molar-refractivity contribution in [2.45, 2.75) is 6.92 Å². The molecule has 0 fully saturated rings. The Morgan fingerprint density at radius 1 is 1.05 bits per heavy atom. The Morgan fingerprint density at radius 3 is 2.32 bits per heavy atom. The summed E-state index contributed by atoms with van der Waals surface area (Å²) in [6.45, 7) is 1.44. The predicted molar refractivity (Wildman–Crippen MR) is 86.6 cm³/mol. The van der Waals surface area contributed by atoms with Crippen LogP contribution in [0.2, 0.25) is 10.0 Å². The number of benzene rings is 2. The van der Waals surface area contributed by atoms with E-state index in [-0.39, 0.29) is 15.6 Å². The molecule has 4 nitrogen and oxygen atoms in total. The lowest BCUT2D eigenvalue weighted by Gasteiger charge is -2.10. The van der Waals surface area contributed by atoms with Crippen molar-refractivity contribution in [2.24, 2.45) is 0 Å². The van der Waals surface area contributed by atoms with Gasteiger partial charge in [-0.3, -0.25) is 4.79 Å². The first kappa shape index (κ1) is 16.3. The summed E-state index contributed by atoms with van der Waals surface area (Å²) in [7, 11) is 0. The Kier molecular flexibility index (Phi) is 5.41. The minimum atomic E-state index is -0.740. The third-order valence-electron chi connectivity index (χ3n) is 2.92. The normalized spacial score (nSPS) is 10.1. The molecule has 0 bridgehead atoms. The minimum absolute atomic E-state index is 0.0505. The second-order valence-electron chi connectivity index (χ2n) is 4.54. The van der Waals surface area contributed by atoms with Crippen molar-refractivity contribution in [1.29, 1.82) is 0 Å². The molecule has 0 atom stereocenters. The number of ether oxygens (including phenoxy) is 1. The number of amides is 1. The molecule has 0 aliphatic carbocycles. The molecule has 0 radical (unpaired) electrons. The van der Waals surface area contributed by atoms with Gasteiger partial charge in [0.1, 0.15) is 0 Å². The van der Waals surface area contributed by atoms with Crippen LogP contribution in [0.5, 0.6) is 0 Å². The lowest BCUT2D eigenvalue weighted by molar-refractivity contribution is -0.119.